The van der Waals surface area contributed by atoms with E-state index in [0.717, 1.165) is 38.5 Å². The lowest BCUT2D eigenvalue weighted by Crippen LogP contribution is -2.47. The highest BCUT2D eigenvalue weighted by Gasteiger charge is 2.36. The van der Waals surface area contributed by atoms with Crippen LogP contribution in [0.3, 0.4) is 0 Å². The standard InChI is InChI=1S/C17H28N2O2/c1-13(2)10-18-11-14-6-8-20-17(14)12-19-7-9-21-16-5-3-4-15(16)19/h6,8,13,15-16,18H,3-5,7,9-12H2,1-2H3. The van der Waals surface area contributed by atoms with E-state index in [-0.39, 0.29) is 0 Å². The minimum atomic E-state index is 0.455. The zero-order valence-electron chi connectivity index (χ0n) is 13.3. The third-order valence-electron chi connectivity index (χ3n) is 4.65. The van der Waals surface area contributed by atoms with Crippen LogP contribution in [-0.4, -0.2) is 36.7 Å². The summed E-state index contributed by atoms with van der Waals surface area (Å²) in [5.41, 5.74) is 1.30. The largest absolute Gasteiger partial charge is 0.468 e. The van der Waals surface area contributed by atoms with Gasteiger partial charge in [0.05, 0.1) is 25.5 Å². The first-order valence-corrected chi connectivity index (χ1v) is 8.35. The molecule has 1 aromatic rings. The predicted molar refractivity (Wildman–Crippen MR) is 83.0 cm³/mol. The zero-order chi connectivity index (χ0) is 14.7. The number of hydrogen-bond acceptors (Lipinski definition) is 4. The van der Waals surface area contributed by atoms with Crippen molar-refractivity contribution in [2.24, 2.45) is 5.92 Å². The Balaban J connectivity index is 1.58. The molecule has 0 radical (unpaired) electrons. The number of morpholine rings is 1. The first kappa shape index (κ1) is 15.1. The topological polar surface area (TPSA) is 37.6 Å². The quantitative estimate of drug-likeness (QED) is 0.875. The second-order valence-electron chi connectivity index (χ2n) is 6.77. The Hall–Kier alpha value is -0.840. The molecule has 2 fully saturated rings. The molecule has 21 heavy (non-hydrogen) atoms. The summed E-state index contributed by atoms with van der Waals surface area (Å²) in [7, 11) is 0. The number of hydrogen-bond donors (Lipinski definition) is 1. The van der Waals surface area contributed by atoms with Crippen LogP contribution in [0.25, 0.3) is 0 Å². The van der Waals surface area contributed by atoms with Crippen molar-refractivity contribution in [2.75, 3.05) is 19.7 Å². The fourth-order valence-electron chi connectivity index (χ4n) is 3.55. The lowest BCUT2D eigenvalue weighted by atomic mass is 10.1. The fraction of sp³-hybridized carbons (Fsp3) is 0.765. The molecule has 1 saturated heterocycles. The van der Waals surface area contributed by atoms with Crippen molar-refractivity contribution >= 4 is 0 Å². The van der Waals surface area contributed by atoms with Crippen LogP contribution in [0.4, 0.5) is 0 Å². The van der Waals surface area contributed by atoms with E-state index < -0.39 is 0 Å². The Morgan fingerprint density at radius 2 is 2.29 bits per heavy atom. The van der Waals surface area contributed by atoms with Crippen molar-refractivity contribution < 1.29 is 9.15 Å². The van der Waals surface area contributed by atoms with Crippen LogP contribution < -0.4 is 5.32 Å². The van der Waals surface area contributed by atoms with E-state index in [1.54, 1.807) is 0 Å². The number of furan rings is 1. The van der Waals surface area contributed by atoms with Gasteiger partial charge in [0.15, 0.2) is 0 Å². The molecule has 4 heteroatoms. The molecular weight excluding hydrogens is 264 g/mol. The maximum Gasteiger partial charge on any atom is 0.122 e. The number of fused-ring (bicyclic) bond motifs is 1. The summed E-state index contributed by atoms with van der Waals surface area (Å²) in [6, 6.07) is 2.70. The molecule has 0 aromatic carbocycles. The van der Waals surface area contributed by atoms with E-state index in [4.69, 9.17) is 9.15 Å². The van der Waals surface area contributed by atoms with Gasteiger partial charge in [-0.05, 0) is 37.8 Å². The van der Waals surface area contributed by atoms with Crippen molar-refractivity contribution in [3.63, 3.8) is 0 Å². The summed E-state index contributed by atoms with van der Waals surface area (Å²) in [6.45, 7) is 9.24. The van der Waals surface area contributed by atoms with E-state index in [1.807, 2.05) is 6.26 Å². The maximum absolute atomic E-state index is 5.89. The van der Waals surface area contributed by atoms with Gasteiger partial charge in [-0.25, -0.2) is 0 Å². The Morgan fingerprint density at radius 1 is 1.38 bits per heavy atom. The molecule has 2 unspecified atom stereocenters. The average molecular weight is 292 g/mol. The van der Waals surface area contributed by atoms with Crippen molar-refractivity contribution in [1.29, 1.82) is 0 Å². The first-order valence-electron chi connectivity index (χ1n) is 8.35. The van der Waals surface area contributed by atoms with Crippen LogP contribution in [-0.2, 0) is 17.8 Å². The van der Waals surface area contributed by atoms with Gasteiger partial charge in [-0.3, -0.25) is 4.90 Å². The Bertz CT molecular complexity index is 444. The molecule has 3 rings (SSSR count). The zero-order valence-corrected chi connectivity index (χ0v) is 13.3. The van der Waals surface area contributed by atoms with Crippen molar-refractivity contribution in [1.82, 2.24) is 10.2 Å². The highest BCUT2D eigenvalue weighted by atomic mass is 16.5. The Kier molecular flexibility index (Phi) is 4.99. The van der Waals surface area contributed by atoms with Crippen LogP contribution >= 0.6 is 0 Å². The number of nitrogens with one attached hydrogen (secondary N) is 1. The maximum atomic E-state index is 5.89. The van der Waals surface area contributed by atoms with Crippen LogP contribution in [0, 0.1) is 5.92 Å². The summed E-state index contributed by atoms with van der Waals surface area (Å²) in [4.78, 5) is 2.56. The van der Waals surface area contributed by atoms with Gasteiger partial charge >= 0.3 is 0 Å². The lowest BCUT2D eigenvalue weighted by molar-refractivity contribution is -0.0607. The van der Waals surface area contributed by atoms with Gasteiger partial charge in [0.25, 0.3) is 0 Å². The molecule has 0 amide bonds. The molecule has 0 bridgehead atoms. The van der Waals surface area contributed by atoms with E-state index in [2.05, 4.69) is 30.1 Å². The summed E-state index contributed by atoms with van der Waals surface area (Å²) >= 11 is 0. The van der Waals surface area contributed by atoms with Gasteiger partial charge in [-0.1, -0.05) is 13.8 Å². The van der Waals surface area contributed by atoms with E-state index >= 15 is 0 Å². The van der Waals surface area contributed by atoms with Gasteiger partial charge in [-0.15, -0.1) is 0 Å². The molecule has 1 aliphatic carbocycles. The third kappa shape index (κ3) is 3.68. The van der Waals surface area contributed by atoms with Crippen molar-refractivity contribution in [2.45, 2.75) is 58.3 Å². The second kappa shape index (κ2) is 6.95. The van der Waals surface area contributed by atoms with Gasteiger partial charge < -0.3 is 14.5 Å². The number of nitrogens with zero attached hydrogens (tertiary/aromatic N) is 1. The van der Waals surface area contributed by atoms with Crippen LogP contribution in [0.15, 0.2) is 16.7 Å². The fourth-order valence-corrected chi connectivity index (χ4v) is 3.55. The molecule has 4 nitrogen and oxygen atoms in total. The molecule has 1 aliphatic heterocycles. The summed E-state index contributed by atoms with van der Waals surface area (Å²) in [5.74, 6) is 1.80. The minimum Gasteiger partial charge on any atom is -0.468 e. The van der Waals surface area contributed by atoms with E-state index in [9.17, 15) is 0 Å². The summed E-state index contributed by atoms with van der Waals surface area (Å²) in [5, 5.41) is 3.51. The van der Waals surface area contributed by atoms with Gasteiger partial charge in [0.1, 0.15) is 5.76 Å². The highest BCUT2D eigenvalue weighted by molar-refractivity contribution is 5.17. The number of rotatable bonds is 6. The monoisotopic (exact) mass is 292 g/mol. The average Bonchev–Trinajstić information content (AvgIpc) is 3.08. The van der Waals surface area contributed by atoms with Crippen LogP contribution in [0.5, 0.6) is 0 Å². The summed E-state index contributed by atoms with van der Waals surface area (Å²) in [6.07, 6.45) is 6.08. The first-order chi connectivity index (χ1) is 10.2. The van der Waals surface area contributed by atoms with Crippen LogP contribution in [0.1, 0.15) is 44.4 Å². The molecule has 118 valence electrons. The summed E-state index contributed by atoms with van der Waals surface area (Å²) < 4.78 is 11.6. The Labute approximate surface area is 127 Å². The van der Waals surface area contributed by atoms with Gasteiger partial charge in [-0.2, -0.15) is 0 Å². The molecule has 2 heterocycles. The van der Waals surface area contributed by atoms with Gasteiger partial charge in [0.2, 0.25) is 0 Å². The highest BCUT2D eigenvalue weighted by Crippen LogP contribution is 2.31. The van der Waals surface area contributed by atoms with Crippen molar-refractivity contribution in [3.8, 4) is 0 Å². The molecule has 0 spiro atoms. The van der Waals surface area contributed by atoms with Crippen LogP contribution in [0.2, 0.25) is 0 Å². The Morgan fingerprint density at radius 3 is 3.14 bits per heavy atom. The van der Waals surface area contributed by atoms with Crippen molar-refractivity contribution in [3.05, 3.63) is 23.7 Å². The third-order valence-corrected chi connectivity index (χ3v) is 4.65. The second-order valence-corrected chi connectivity index (χ2v) is 6.77. The predicted octanol–water partition coefficient (Wildman–Crippen LogP) is 2.78. The minimum absolute atomic E-state index is 0.455. The SMILES string of the molecule is CC(C)CNCc1ccoc1CN1CCOC2CCCC21. The molecule has 1 aromatic heterocycles. The molecule has 1 saturated carbocycles. The normalized spacial score (nSPS) is 26.4. The van der Waals surface area contributed by atoms with E-state index in [0.29, 0.717) is 18.1 Å². The van der Waals surface area contributed by atoms with Gasteiger partial charge in [0, 0.05) is 24.7 Å². The number of ether oxygens (including phenoxy) is 1. The smallest absolute Gasteiger partial charge is 0.122 e. The molecular formula is C17H28N2O2. The molecule has 1 N–H and O–H groups in total. The van der Waals surface area contributed by atoms with E-state index in [1.165, 1.54) is 24.8 Å². The molecule has 2 atom stereocenters. The molecule has 2 aliphatic rings. The lowest BCUT2D eigenvalue weighted by Gasteiger charge is -2.37.